The van der Waals surface area contributed by atoms with Crippen LogP contribution in [0.25, 0.3) is 10.8 Å². The average Bonchev–Trinajstić information content (AvgIpc) is 2.25. The van der Waals surface area contributed by atoms with E-state index in [0.717, 1.165) is 0 Å². The van der Waals surface area contributed by atoms with Gasteiger partial charge in [-0.05, 0) is 45.6 Å². The van der Waals surface area contributed by atoms with Gasteiger partial charge in [0.25, 0.3) is 0 Å². The molecule has 0 radical (unpaired) electrons. The topological polar surface area (TPSA) is 9.23 Å². The molecule has 0 aliphatic heterocycles. The van der Waals surface area contributed by atoms with E-state index < -0.39 is 11.6 Å². The third-order valence-electron chi connectivity index (χ3n) is 2.18. The van der Waals surface area contributed by atoms with E-state index in [1.807, 2.05) is 0 Å². The smallest absolute Gasteiger partial charge is 0.148 e. The molecule has 0 aromatic heterocycles. The Morgan fingerprint density at radius 3 is 2.60 bits per heavy atom. The molecule has 0 saturated carbocycles. The number of rotatable bonds is 1. The van der Waals surface area contributed by atoms with Crippen LogP contribution in [0.4, 0.5) is 8.78 Å². The van der Waals surface area contributed by atoms with Gasteiger partial charge in [-0.3, -0.25) is 0 Å². The highest BCUT2D eigenvalue weighted by atomic mass is 79.9. The second-order valence-corrected chi connectivity index (χ2v) is 3.87. The minimum atomic E-state index is -0.617. The van der Waals surface area contributed by atoms with Crippen LogP contribution in [0.1, 0.15) is 0 Å². The summed E-state index contributed by atoms with van der Waals surface area (Å²) in [5, 5.41) is 0.844. The van der Waals surface area contributed by atoms with E-state index in [1.54, 1.807) is 18.2 Å². The lowest BCUT2D eigenvalue weighted by molar-refractivity contribution is 0.415. The van der Waals surface area contributed by atoms with Gasteiger partial charge in [-0.2, -0.15) is 0 Å². The zero-order chi connectivity index (χ0) is 11.0. The fourth-order valence-electron chi connectivity index (χ4n) is 1.41. The Morgan fingerprint density at radius 2 is 1.93 bits per heavy atom. The Kier molecular flexibility index (Phi) is 2.61. The molecule has 0 spiro atoms. The van der Waals surface area contributed by atoms with Crippen molar-refractivity contribution in [3.63, 3.8) is 0 Å². The molecule has 15 heavy (non-hydrogen) atoms. The largest absolute Gasteiger partial charge is 0.497 e. The third-order valence-corrected chi connectivity index (χ3v) is 2.91. The number of hydrogen-bond acceptors (Lipinski definition) is 1. The van der Waals surface area contributed by atoms with Gasteiger partial charge in [0.1, 0.15) is 17.4 Å². The third kappa shape index (κ3) is 1.69. The minimum absolute atomic E-state index is 0.139. The SMILES string of the molecule is COc1ccc2c(F)c(Br)c(F)cc2c1. The molecular weight excluding hydrogens is 266 g/mol. The van der Waals surface area contributed by atoms with Crippen molar-refractivity contribution in [1.82, 2.24) is 0 Å². The standard InChI is InChI=1S/C11H7BrF2O/c1-15-7-2-3-8-6(4-7)5-9(13)10(12)11(8)14/h2-5H,1H3. The maximum absolute atomic E-state index is 13.6. The molecule has 0 amide bonds. The first kappa shape index (κ1) is 10.4. The normalized spacial score (nSPS) is 10.7. The van der Waals surface area contributed by atoms with E-state index in [9.17, 15) is 8.78 Å². The highest BCUT2D eigenvalue weighted by Gasteiger charge is 2.11. The lowest BCUT2D eigenvalue weighted by Gasteiger charge is -2.05. The lowest BCUT2D eigenvalue weighted by Crippen LogP contribution is -1.89. The van der Waals surface area contributed by atoms with E-state index in [4.69, 9.17) is 4.74 Å². The van der Waals surface area contributed by atoms with Gasteiger partial charge in [-0.25, -0.2) is 8.78 Å². The van der Waals surface area contributed by atoms with Gasteiger partial charge in [0.2, 0.25) is 0 Å². The quantitative estimate of drug-likeness (QED) is 0.716. The van der Waals surface area contributed by atoms with E-state index in [1.165, 1.54) is 13.2 Å². The zero-order valence-electron chi connectivity index (χ0n) is 7.85. The van der Waals surface area contributed by atoms with Crippen LogP contribution in [-0.4, -0.2) is 7.11 Å². The highest BCUT2D eigenvalue weighted by Crippen LogP contribution is 2.30. The summed E-state index contributed by atoms with van der Waals surface area (Å²) in [4.78, 5) is 0. The molecule has 1 nitrogen and oxygen atoms in total. The molecule has 2 aromatic rings. The van der Waals surface area contributed by atoms with Crippen molar-refractivity contribution in [3.05, 3.63) is 40.4 Å². The Labute approximate surface area is 93.8 Å². The van der Waals surface area contributed by atoms with Crippen LogP contribution < -0.4 is 4.74 Å². The van der Waals surface area contributed by atoms with Crippen molar-refractivity contribution >= 4 is 26.7 Å². The summed E-state index contributed by atoms with van der Waals surface area (Å²) in [6.07, 6.45) is 0. The molecule has 0 N–H and O–H groups in total. The van der Waals surface area contributed by atoms with Crippen LogP contribution in [0.3, 0.4) is 0 Å². The summed E-state index contributed by atoms with van der Waals surface area (Å²) < 4.78 is 31.6. The Balaban J connectivity index is 2.80. The van der Waals surface area contributed by atoms with Crippen molar-refractivity contribution in [3.8, 4) is 5.75 Å². The summed E-state index contributed by atoms with van der Waals surface area (Å²) in [5.41, 5.74) is 0. The van der Waals surface area contributed by atoms with E-state index in [0.29, 0.717) is 16.5 Å². The fraction of sp³-hybridized carbons (Fsp3) is 0.0909. The number of methoxy groups -OCH3 is 1. The number of ether oxygens (including phenoxy) is 1. The Hall–Kier alpha value is -1.16. The van der Waals surface area contributed by atoms with Crippen LogP contribution in [0.5, 0.6) is 5.75 Å². The average molecular weight is 273 g/mol. The highest BCUT2D eigenvalue weighted by molar-refractivity contribution is 9.10. The van der Waals surface area contributed by atoms with Crippen molar-refractivity contribution in [2.75, 3.05) is 7.11 Å². The van der Waals surface area contributed by atoms with E-state index in [2.05, 4.69) is 15.9 Å². The number of fused-ring (bicyclic) bond motifs is 1. The summed E-state index contributed by atoms with van der Waals surface area (Å²) in [6.45, 7) is 0. The summed E-state index contributed by atoms with van der Waals surface area (Å²) in [5.74, 6) is -0.635. The molecule has 0 atom stereocenters. The van der Waals surface area contributed by atoms with E-state index >= 15 is 0 Å². The molecular formula is C11H7BrF2O. The second kappa shape index (κ2) is 3.77. The first-order valence-corrected chi connectivity index (χ1v) is 5.04. The fourth-order valence-corrected chi connectivity index (χ4v) is 1.74. The van der Waals surface area contributed by atoms with Gasteiger partial charge in [-0.15, -0.1) is 0 Å². The zero-order valence-corrected chi connectivity index (χ0v) is 9.44. The second-order valence-electron chi connectivity index (χ2n) is 3.07. The Morgan fingerprint density at radius 1 is 1.20 bits per heavy atom. The van der Waals surface area contributed by atoms with Crippen molar-refractivity contribution in [1.29, 1.82) is 0 Å². The molecule has 0 aliphatic rings. The first-order valence-electron chi connectivity index (χ1n) is 4.24. The number of hydrogen-bond donors (Lipinski definition) is 0. The maximum atomic E-state index is 13.6. The van der Waals surface area contributed by atoms with Crippen LogP contribution in [0, 0.1) is 11.6 Å². The van der Waals surface area contributed by atoms with Crippen molar-refractivity contribution in [2.24, 2.45) is 0 Å². The Bertz CT molecular complexity index is 525. The van der Waals surface area contributed by atoms with Gasteiger partial charge in [0.05, 0.1) is 11.6 Å². The van der Waals surface area contributed by atoms with Gasteiger partial charge >= 0.3 is 0 Å². The molecule has 0 bridgehead atoms. The molecule has 2 rings (SSSR count). The monoisotopic (exact) mass is 272 g/mol. The molecule has 78 valence electrons. The van der Waals surface area contributed by atoms with Gasteiger partial charge in [0.15, 0.2) is 0 Å². The molecule has 4 heteroatoms. The lowest BCUT2D eigenvalue weighted by atomic mass is 10.1. The predicted octanol–water partition coefficient (Wildman–Crippen LogP) is 3.89. The van der Waals surface area contributed by atoms with Crippen molar-refractivity contribution < 1.29 is 13.5 Å². The van der Waals surface area contributed by atoms with Gasteiger partial charge < -0.3 is 4.74 Å². The van der Waals surface area contributed by atoms with Crippen LogP contribution in [0.2, 0.25) is 0 Å². The molecule has 0 saturated heterocycles. The molecule has 0 heterocycles. The predicted molar refractivity (Wildman–Crippen MR) is 58.1 cm³/mol. The van der Waals surface area contributed by atoms with Crippen LogP contribution in [0.15, 0.2) is 28.7 Å². The molecule has 2 aromatic carbocycles. The first-order chi connectivity index (χ1) is 7.13. The molecule has 0 aliphatic carbocycles. The van der Waals surface area contributed by atoms with Crippen molar-refractivity contribution in [2.45, 2.75) is 0 Å². The van der Waals surface area contributed by atoms with Gasteiger partial charge in [-0.1, -0.05) is 0 Å². The summed E-state index contributed by atoms with van der Waals surface area (Å²) in [7, 11) is 1.51. The minimum Gasteiger partial charge on any atom is -0.497 e. The van der Waals surface area contributed by atoms with Gasteiger partial charge in [0, 0.05) is 5.39 Å². The molecule has 0 fully saturated rings. The van der Waals surface area contributed by atoms with Crippen LogP contribution >= 0.6 is 15.9 Å². The molecule has 0 unspecified atom stereocenters. The summed E-state index contributed by atoms with van der Waals surface area (Å²) in [6, 6.07) is 6.06. The van der Waals surface area contributed by atoms with E-state index in [-0.39, 0.29) is 4.47 Å². The number of benzene rings is 2. The summed E-state index contributed by atoms with van der Waals surface area (Å²) >= 11 is 2.85. The van der Waals surface area contributed by atoms with Crippen LogP contribution in [-0.2, 0) is 0 Å². The maximum Gasteiger partial charge on any atom is 0.148 e. The number of halogens is 3.